The lowest BCUT2D eigenvalue weighted by Gasteiger charge is -2.22. The smallest absolute Gasteiger partial charge is 0.208 e. The van der Waals surface area contributed by atoms with E-state index >= 15 is 0 Å². The number of nitrogens with zero attached hydrogens (tertiary/aromatic N) is 2. The molecule has 3 nitrogen and oxygen atoms in total. The topological polar surface area (TPSA) is 41.6 Å². The van der Waals surface area contributed by atoms with Gasteiger partial charge in [-0.2, -0.15) is 0 Å². The van der Waals surface area contributed by atoms with Crippen molar-refractivity contribution < 1.29 is 0 Å². The van der Waals surface area contributed by atoms with Crippen molar-refractivity contribution >= 4 is 11.8 Å². The zero-order valence-electron chi connectivity index (χ0n) is 13.9. The average molecular weight is 303 g/mol. The molecule has 0 amide bonds. The Bertz CT molecular complexity index is 600. The molecule has 1 N–H and O–H groups in total. The number of aromatic amines is 1. The van der Waals surface area contributed by atoms with Crippen molar-refractivity contribution in [3.63, 3.8) is 0 Å². The number of H-pyrrole nitrogens is 1. The molecule has 0 aliphatic heterocycles. The minimum absolute atomic E-state index is 0.195. The van der Waals surface area contributed by atoms with Crippen LogP contribution in [0.3, 0.4) is 0 Å². The van der Waals surface area contributed by atoms with E-state index in [2.05, 4.69) is 68.9 Å². The van der Waals surface area contributed by atoms with Gasteiger partial charge in [-0.25, -0.2) is 4.98 Å². The number of nitrogens with one attached hydrogen (secondary N) is 1. The van der Waals surface area contributed by atoms with Gasteiger partial charge in [0.15, 0.2) is 0 Å². The fraction of sp³-hybridized carbons (Fsp3) is 0.529. The van der Waals surface area contributed by atoms with Gasteiger partial charge in [-0.3, -0.25) is 5.10 Å². The molecule has 0 fully saturated rings. The number of thioether (sulfide) groups is 1. The van der Waals surface area contributed by atoms with E-state index in [4.69, 9.17) is 0 Å². The van der Waals surface area contributed by atoms with Crippen LogP contribution in [0.15, 0.2) is 17.3 Å². The van der Waals surface area contributed by atoms with Crippen LogP contribution in [0.25, 0.3) is 0 Å². The molecule has 0 bridgehead atoms. The van der Waals surface area contributed by atoms with Crippen molar-refractivity contribution in [2.75, 3.05) is 0 Å². The number of hydrogen-bond donors (Lipinski definition) is 1. The van der Waals surface area contributed by atoms with Crippen molar-refractivity contribution in [3.05, 3.63) is 40.2 Å². The molecule has 4 heteroatoms. The zero-order chi connectivity index (χ0) is 15.6. The molecule has 0 aliphatic carbocycles. The summed E-state index contributed by atoms with van der Waals surface area (Å²) in [5.41, 5.74) is 5.71. The Morgan fingerprint density at radius 3 is 2.24 bits per heavy atom. The summed E-state index contributed by atoms with van der Waals surface area (Å²) in [6.45, 7) is 13.3. The van der Waals surface area contributed by atoms with Gasteiger partial charge >= 0.3 is 0 Å². The molecule has 1 aromatic heterocycles. The van der Waals surface area contributed by atoms with Gasteiger partial charge in [-0.15, -0.1) is 5.10 Å². The molecular weight excluding hydrogens is 278 g/mol. The van der Waals surface area contributed by atoms with Gasteiger partial charge in [0.2, 0.25) is 5.16 Å². The first-order valence-electron chi connectivity index (χ1n) is 7.46. The summed E-state index contributed by atoms with van der Waals surface area (Å²) in [6.07, 6.45) is 0.895. The standard InChI is InChI=1S/C17H25N3S/c1-7-15-18-16(20-19-15)21-10-14-11(2)8-13(9-12(14)3)17(4,5)6/h8-9H,7,10H2,1-6H3,(H,18,19,20). The first kappa shape index (κ1) is 16.1. The second kappa shape index (κ2) is 6.22. The normalized spacial score (nSPS) is 11.9. The van der Waals surface area contributed by atoms with Gasteiger partial charge < -0.3 is 0 Å². The van der Waals surface area contributed by atoms with Crippen molar-refractivity contribution in [1.82, 2.24) is 15.2 Å². The molecule has 114 valence electrons. The lowest BCUT2D eigenvalue weighted by atomic mass is 9.84. The van der Waals surface area contributed by atoms with Gasteiger partial charge in [0.1, 0.15) is 5.82 Å². The fourth-order valence-electron chi connectivity index (χ4n) is 2.29. The van der Waals surface area contributed by atoms with Crippen LogP contribution in [-0.2, 0) is 17.6 Å². The molecule has 0 saturated carbocycles. The minimum Gasteiger partial charge on any atom is -0.262 e. The zero-order valence-corrected chi connectivity index (χ0v) is 14.7. The third kappa shape index (κ3) is 3.88. The van der Waals surface area contributed by atoms with E-state index in [9.17, 15) is 0 Å². The van der Waals surface area contributed by atoms with Crippen LogP contribution < -0.4 is 0 Å². The number of aromatic nitrogens is 3. The summed E-state index contributed by atoms with van der Waals surface area (Å²) >= 11 is 1.70. The number of rotatable bonds is 4. The molecular formula is C17H25N3S. The highest BCUT2D eigenvalue weighted by Crippen LogP contribution is 2.30. The minimum atomic E-state index is 0.195. The maximum atomic E-state index is 4.46. The van der Waals surface area contributed by atoms with E-state index in [0.717, 1.165) is 23.2 Å². The summed E-state index contributed by atoms with van der Waals surface area (Å²) in [4.78, 5) is 4.46. The molecule has 0 unspecified atom stereocenters. The summed E-state index contributed by atoms with van der Waals surface area (Å²) in [6, 6.07) is 4.64. The highest BCUT2D eigenvalue weighted by molar-refractivity contribution is 7.98. The first-order chi connectivity index (χ1) is 9.81. The molecule has 0 radical (unpaired) electrons. The maximum absolute atomic E-state index is 4.46. The van der Waals surface area contributed by atoms with E-state index in [1.807, 2.05) is 0 Å². The molecule has 2 rings (SSSR count). The van der Waals surface area contributed by atoms with Crippen LogP contribution in [0.4, 0.5) is 0 Å². The summed E-state index contributed by atoms with van der Waals surface area (Å²) in [7, 11) is 0. The Labute approximate surface area is 132 Å². The van der Waals surface area contributed by atoms with E-state index in [1.165, 1.54) is 22.3 Å². The quantitative estimate of drug-likeness (QED) is 0.841. The summed E-state index contributed by atoms with van der Waals surface area (Å²) in [5, 5.41) is 8.05. The van der Waals surface area contributed by atoms with Gasteiger partial charge in [-0.05, 0) is 41.5 Å². The number of aryl methyl sites for hydroxylation is 3. The Kier molecular flexibility index (Phi) is 4.77. The lowest BCUT2D eigenvalue weighted by molar-refractivity contribution is 0.589. The van der Waals surface area contributed by atoms with Gasteiger partial charge in [-0.1, -0.05) is 51.6 Å². The number of hydrogen-bond acceptors (Lipinski definition) is 3. The van der Waals surface area contributed by atoms with Crippen molar-refractivity contribution in [1.29, 1.82) is 0 Å². The molecule has 0 atom stereocenters. The molecule has 2 aromatic rings. The molecule has 0 saturated heterocycles. The van der Waals surface area contributed by atoms with Crippen LogP contribution in [0.2, 0.25) is 0 Å². The van der Waals surface area contributed by atoms with Gasteiger partial charge in [0.25, 0.3) is 0 Å². The van der Waals surface area contributed by atoms with Crippen LogP contribution >= 0.6 is 11.8 Å². The second-order valence-electron chi connectivity index (χ2n) is 6.55. The summed E-state index contributed by atoms with van der Waals surface area (Å²) in [5.74, 6) is 1.87. The van der Waals surface area contributed by atoms with Crippen molar-refractivity contribution in [3.8, 4) is 0 Å². The SMILES string of the molecule is CCc1nc(SCc2c(C)cc(C(C)(C)C)cc2C)n[nH]1. The highest BCUT2D eigenvalue weighted by atomic mass is 32.2. The fourth-order valence-corrected chi connectivity index (χ4v) is 3.30. The Morgan fingerprint density at radius 1 is 1.14 bits per heavy atom. The third-order valence-corrected chi connectivity index (χ3v) is 4.63. The monoisotopic (exact) mass is 303 g/mol. The second-order valence-corrected chi connectivity index (χ2v) is 7.49. The van der Waals surface area contributed by atoms with E-state index in [-0.39, 0.29) is 5.41 Å². The molecule has 1 aromatic carbocycles. The van der Waals surface area contributed by atoms with E-state index in [0.29, 0.717) is 0 Å². The van der Waals surface area contributed by atoms with E-state index < -0.39 is 0 Å². The lowest BCUT2D eigenvalue weighted by Crippen LogP contribution is -2.12. The Hall–Kier alpha value is -1.29. The van der Waals surface area contributed by atoms with Gasteiger partial charge in [0, 0.05) is 12.2 Å². The van der Waals surface area contributed by atoms with Crippen LogP contribution in [0.1, 0.15) is 55.8 Å². The van der Waals surface area contributed by atoms with Crippen LogP contribution in [-0.4, -0.2) is 15.2 Å². The maximum Gasteiger partial charge on any atom is 0.208 e. The largest absolute Gasteiger partial charge is 0.262 e. The average Bonchev–Trinajstić information content (AvgIpc) is 2.84. The molecule has 21 heavy (non-hydrogen) atoms. The Morgan fingerprint density at radius 2 is 1.76 bits per heavy atom. The predicted molar refractivity (Wildman–Crippen MR) is 89.9 cm³/mol. The van der Waals surface area contributed by atoms with Crippen molar-refractivity contribution in [2.45, 2.75) is 64.3 Å². The number of benzene rings is 1. The predicted octanol–water partition coefficient (Wildman–Crippen LogP) is 4.57. The van der Waals surface area contributed by atoms with Crippen LogP contribution in [0, 0.1) is 13.8 Å². The Balaban J connectivity index is 2.17. The van der Waals surface area contributed by atoms with Gasteiger partial charge in [0.05, 0.1) is 0 Å². The molecule has 1 heterocycles. The highest BCUT2D eigenvalue weighted by Gasteiger charge is 2.16. The van der Waals surface area contributed by atoms with Crippen LogP contribution in [0.5, 0.6) is 0 Å². The molecule has 0 spiro atoms. The van der Waals surface area contributed by atoms with E-state index in [1.54, 1.807) is 11.8 Å². The molecule has 0 aliphatic rings. The van der Waals surface area contributed by atoms with Crippen molar-refractivity contribution in [2.24, 2.45) is 0 Å². The first-order valence-corrected chi connectivity index (χ1v) is 8.44. The summed E-state index contributed by atoms with van der Waals surface area (Å²) < 4.78 is 0. The third-order valence-electron chi connectivity index (χ3n) is 3.75.